The number of carbonyl (C=O) groups excluding carboxylic acids is 1. The van der Waals surface area contributed by atoms with Gasteiger partial charge in [-0.05, 0) is 92.9 Å². The molecule has 1 aromatic heterocycles. The van der Waals surface area contributed by atoms with Crippen LogP contribution in [0.25, 0.3) is 22.6 Å². The molecule has 5 rings (SSSR count). The topological polar surface area (TPSA) is 114 Å². The number of amides is 1. The first-order valence-electron chi connectivity index (χ1n) is 12.4. The summed E-state index contributed by atoms with van der Waals surface area (Å²) in [7, 11) is 0. The number of thiocarbonyl (C=S) groups is 1. The largest absolute Gasteiger partial charge is 0.436 e. The highest BCUT2D eigenvalue weighted by Gasteiger charge is 2.23. The molecule has 0 saturated carbocycles. The lowest BCUT2D eigenvalue weighted by Gasteiger charge is -2.28. The minimum absolute atomic E-state index is 0.0752. The lowest BCUT2D eigenvalue weighted by atomic mass is 10.1. The summed E-state index contributed by atoms with van der Waals surface area (Å²) in [6, 6.07) is 16.0. The normalized spacial score (nSPS) is 13.4. The van der Waals surface area contributed by atoms with Gasteiger partial charge in [-0.3, -0.25) is 20.2 Å². The molecule has 1 fully saturated rings. The van der Waals surface area contributed by atoms with Crippen molar-refractivity contribution in [2.75, 3.05) is 23.3 Å². The van der Waals surface area contributed by atoms with Crippen LogP contribution in [0.15, 0.2) is 59.0 Å². The van der Waals surface area contributed by atoms with Crippen LogP contribution in [0, 0.1) is 24.0 Å². The average molecular weight is 530 g/mol. The maximum atomic E-state index is 12.9. The van der Waals surface area contributed by atoms with Crippen LogP contribution in [0.1, 0.15) is 40.7 Å². The fourth-order valence-corrected chi connectivity index (χ4v) is 4.80. The summed E-state index contributed by atoms with van der Waals surface area (Å²) >= 11 is 5.39. The Morgan fingerprint density at radius 2 is 1.84 bits per heavy atom. The molecule has 38 heavy (non-hydrogen) atoms. The standard InChI is InChI=1S/C28H27N5O4S/c1-17-6-11-25-22(14-17)29-27(37-25)20-8-7-18(2)21(15-20)30-28(38)31-26(34)19-9-10-23(24(16-19)33(35)36)32-12-4-3-5-13-32/h6-11,14-16H,3-5,12-13H2,1-2H3,(H2,30,31,34,38). The lowest BCUT2D eigenvalue weighted by molar-refractivity contribution is -0.384. The molecule has 1 aliphatic heterocycles. The number of carbonyl (C=O) groups is 1. The molecule has 194 valence electrons. The van der Waals surface area contributed by atoms with Crippen molar-refractivity contribution in [3.8, 4) is 11.5 Å². The summed E-state index contributed by atoms with van der Waals surface area (Å²) in [5.74, 6) is -0.0522. The molecule has 1 saturated heterocycles. The summed E-state index contributed by atoms with van der Waals surface area (Å²) in [5.41, 5.74) is 5.51. The molecule has 2 heterocycles. The molecule has 0 spiro atoms. The molecule has 0 radical (unpaired) electrons. The number of benzene rings is 3. The van der Waals surface area contributed by atoms with Crippen molar-refractivity contribution in [2.45, 2.75) is 33.1 Å². The number of oxazole rings is 1. The molecular weight excluding hydrogens is 502 g/mol. The molecule has 3 aromatic carbocycles. The maximum absolute atomic E-state index is 12.9. The van der Waals surface area contributed by atoms with Gasteiger partial charge in [0, 0.05) is 36.0 Å². The Kier molecular flexibility index (Phi) is 7.06. The molecule has 0 atom stereocenters. The summed E-state index contributed by atoms with van der Waals surface area (Å²) in [6.45, 7) is 5.44. The third-order valence-electron chi connectivity index (χ3n) is 6.63. The number of fused-ring (bicyclic) bond motifs is 1. The van der Waals surface area contributed by atoms with Crippen LogP contribution >= 0.6 is 12.2 Å². The Bertz CT molecular complexity index is 1560. The first-order chi connectivity index (χ1) is 18.3. The van der Waals surface area contributed by atoms with Crippen LogP contribution in [-0.2, 0) is 0 Å². The van der Waals surface area contributed by atoms with Gasteiger partial charge < -0.3 is 14.6 Å². The number of piperidine rings is 1. The smallest absolute Gasteiger partial charge is 0.293 e. The molecular formula is C28H27N5O4S. The second-order valence-corrected chi connectivity index (χ2v) is 9.84. The van der Waals surface area contributed by atoms with Crippen molar-refractivity contribution in [2.24, 2.45) is 0 Å². The number of aryl methyl sites for hydroxylation is 2. The van der Waals surface area contributed by atoms with E-state index in [0.29, 0.717) is 22.8 Å². The van der Waals surface area contributed by atoms with Crippen LogP contribution in [-0.4, -0.2) is 34.0 Å². The third-order valence-corrected chi connectivity index (χ3v) is 6.84. The predicted molar refractivity (Wildman–Crippen MR) is 152 cm³/mol. The number of nitro benzene ring substituents is 1. The molecule has 2 N–H and O–H groups in total. The van der Waals surface area contributed by atoms with Gasteiger partial charge in [0.15, 0.2) is 10.7 Å². The Hall–Kier alpha value is -4.31. The highest BCUT2D eigenvalue weighted by molar-refractivity contribution is 7.80. The zero-order chi connectivity index (χ0) is 26.8. The second kappa shape index (κ2) is 10.6. The van der Waals surface area contributed by atoms with Gasteiger partial charge in [-0.1, -0.05) is 12.1 Å². The number of hydrogen-bond donors (Lipinski definition) is 2. The first-order valence-corrected chi connectivity index (χ1v) is 12.8. The molecule has 0 aliphatic carbocycles. The monoisotopic (exact) mass is 529 g/mol. The van der Waals surface area contributed by atoms with E-state index in [1.807, 2.05) is 55.1 Å². The summed E-state index contributed by atoms with van der Waals surface area (Å²) in [4.78, 5) is 30.8. The number of nitro groups is 1. The number of rotatable bonds is 5. The maximum Gasteiger partial charge on any atom is 0.293 e. The van der Waals surface area contributed by atoms with Gasteiger partial charge in [0.25, 0.3) is 11.6 Å². The van der Waals surface area contributed by atoms with Gasteiger partial charge in [0.05, 0.1) is 4.92 Å². The highest BCUT2D eigenvalue weighted by Crippen LogP contribution is 2.32. The average Bonchev–Trinajstić information content (AvgIpc) is 3.33. The van der Waals surface area contributed by atoms with Crippen molar-refractivity contribution in [3.05, 3.63) is 81.4 Å². The van der Waals surface area contributed by atoms with Crippen LogP contribution in [0.4, 0.5) is 17.1 Å². The van der Waals surface area contributed by atoms with Gasteiger partial charge in [0.2, 0.25) is 5.89 Å². The van der Waals surface area contributed by atoms with Crippen molar-refractivity contribution >= 4 is 51.4 Å². The number of nitrogens with one attached hydrogen (secondary N) is 2. The number of hydrogen-bond acceptors (Lipinski definition) is 7. The van der Waals surface area contributed by atoms with E-state index in [1.165, 1.54) is 6.07 Å². The fraction of sp³-hybridized carbons (Fsp3) is 0.250. The molecule has 1 amide bonds. The van der Waals surface area contributed by atoms with Crippen LogP contribution < -0.4 is 15.5 Å². The van der Waals surface area contributed by atoms with Crippen LogP contribution in [0.3, 0.4) is 0 Å². The van der Waals surface area contributed by atoms with E-state index >= 15 is 0 Å². The highest BCUT2D eigenvalue weighted by atomic mass is 32.1. The lowest BCUT2D eigenvalue weighted by Crippen LogP contribution is -2.34. The summed E-state index contributed by atoms with van der Waals surface area (Å²) in [5, 5.41) is 17.5. The van der Waals surface area contributed by atoms with E-state index in [0.717, 1.165) is 54.6 Å². The quantitative estimate of drug-likeness (QED) is 0.180. The molecule has 1 aliphatic rings. The van der Waals surface area contributed by atoms with Gasteiger partial charge in [-0.25, -0.2) is 4.98 Å². The zero-order valence-corrected chi connectivity index (χ0v) is 21.9. The fourth-order valence-electron chi connectivity index (χ4n) is 4.59. The van der Waals surface area contributed by atoms with Gasteiger partial charge in [0.1, 0.15) is 11.2 Å². The van der Waals surface area contributed by atoms with Crippen LogP contribution in [0.5, 0.6) is 0 Å². The Labute approximate surface area is 225 Å². The van der Waals surface area contributed by atoms with E-state index in [2.05, 4.69) is 15.6 Å². The Morgan fingerprint density at radius 3 is 2.61 bits per heavy atom. The Morgan fingerprint density at radius 1 is 1.05 bits per heavy atom. The second-order valence-electron chi connectivity index (χ2n) is 9.44. The number of aromatic nitrogens is 1. The summed E-state index contributed by atoms with van der Waals surface area (Å²) in [6.07, 6.45) is 3.10. The van der Waals surface area contributed by atoms with Crippen molar-refractivity contribution < 1.29 is 14.1 Å². The van der Waals surface area contributed by atoms with E-state index in [4.69, 9.17) is 16.6 Å². The van der Waals surface area contributed by atoms with Gasteiger partial charge in [-0.2, -0.15) is 0 Å². The van der Waals surface area contributed by atoms with Crippen LogP contribution in [0.2, 0.25) is 0 Å². The van der Waals surface area contributed by atoms with Gasteiger partial charge >= 0.3 is 0 Å². The van der Waals surface area contributed by atoms with E-state index < -0.39 is 10.8 Å². The van der Waals surface area contributed by atoms with E-state index in [9.17, 15) is 14.9 Å². The van der Waals surface area contributed by atoms with Crippen molar-refractivity contribution in [3.63, 3.8) is 0 Å². The number of nitrogens with zero attached hydrogens (tertiary/aromatic N) is 3. The minimum atomic E-state index is -0.529. The summed E-state index contributed by atoms with van der Waals surface area (Å²) < 4.78 is 5.92. The van der Waals surface area contributed by atoms with Gasteiger partial charge in [-0.15, -0.1) is 0 Å². The first kappa shape index (κ1) is 25.3. The molecule has 9 nitrogen and oxygen atoms in total. The number of anilines is 2. The predicted octanol–water partition coefficient (Wildman–Crippen LogP) is 6.14. The zero-order valence-electron chi connectivity index (χ0n) is 21.1. The van der Waals surface area contributed by atoms with E-state index in [1.54, 1.807) is 12.1 Å². The molecule has 10 heteroatoms. The van der Waals surface area contributed by atoms with Crippen molar-refractivity contribution in [1.82, 2.24) is 10.3 Å². The van der Waals surface area contributed by atoms with E-state index in [-0.39, 0.29) is 16.4 Å². The SMILES string of the molecule is Cc1ccc2oc(-c3ccc(C)c(NC(=S)NC(=O)c4ccc(N5CCCCC5)c([N+](=O)[O-])c4)c3)nc2c1. The molecule has 0 unspecified atom stereocenters. The Balaban J connectivity index is 1.31. The molecule has 4 aromatic rings. The minimum Gasteiger partial charge on any atom is -0.436 e. The third kappa shape index (κ3) is 5.35. The molecule has 0 bridgehead atoms. The van der Waals surface area contributed by atoms with Crippen molar-refractivity contribution in [1.29, 1.82) is 0 Å².